The van der Waals surface area contributed by atoms with Gasteiger partial charge >= 0.3 is 5.97 Å². The lowest BCUT2D eigenvalue weighted by Gasteiger charge is -2.26. The predicted molar refractivity (Wildman–Crippen MR) is 74.6 cm³/mol. The van der Waals surface area contributed by atoms with Crippen molar-refractivity contribution in [2.75, 3.05) is 24.6 Å². The van der Waals surface area contributed by atoms with Gasteiger partial charge in [-0.25, -0.2) is 13.2 Å². The Morgan fingerprint density at radius 3 is 2.47 bits per heavy atom. The highest BCUT2D eigenvalue weighted by molar-refractivity contribution is 7.91. The number of sulfone groups is 1. The minimum Gasteiger partial charge on any atom is -0.478 e. The van der Waals surface area contributed by atoms with Gasteiger partial charge in [-0.15, -0.1) is 12.4 Å². The van der Waals surface area contributed by atoms with Gasteiger partial charge in [0.05, 0.1) is 17.1 Å². The molecule has 0 radical (unpaired) electrons. The number of carbonyl (C=O) groups is 1. The van der Waals surface area contributed by atoms with Crippen LogP contribution in [0.2, 0.25) is 0 Å². The lowest BCUT2D eigenvalue weighted by Crippen LogP contribution is -2.39. The molecule has 1 fully saturated rings. The first-order valence-corrected chi connectivity index (χ1v) is 7.53. The monoisotopic (exact) mass is 305 g/mol. The van der Waals surface area contributed by atoms with Gasteiger partial charge in [-0.1, -0.05) is 12.1 Å². The summed E-state index contributed by atoms with van der Waals surface area (Å²) >= 11 is 0. The van der Waals surface area contributed by atoms with Crippen molar-refractivity contribution in [1.82, 2.24) is 4.90 Å². The zero-order chi connectivity index (χ0) is 13.2. The molecule has 106 valence electrons. The third-order valence-corrected chi connectivity index (χ3v) is 4.63. The fourth-order valence-electron chi connectivity index (χ4n) is 1.97. The van der Waals surface area contributed by atoms with Crippen LogP contribution in [0.3, 0.4) is 0 Å². The molecule has 0 unspecified atom stereocenters. The lowest BCUT2D eigenvalue weighted by atomic mass is 10.1. The van der Waals surface area contributed by atoms with Gasteiger partial charge in [-0.3, -0.25) is 4.90 Å². The maximum absolute atomic E-state index is 11.3. The minimum absolute atomic E-state index is 0. The van der Waals surface area contributed by atoms with Gasteiger partial charge in [0.2, 0.25) is 0 Å². The van der Waals surface area contributed by atoms with Crippen LogP contribution in [0, 0.1) is 0 Å². The highest BCUT2D eigenvalue weighted by Crippen LogP contribution is 2.11. The summed E-state index contributed by atoms with van der Waals surface area (Å²) in [5.74, 6) is -0.574. The maximum atomic E-state index is 11.3. The molecule has 1 aromatic rings. The smallest absolute Gasteiger partial charge is 0.335 e. The van der Waals surface area contributed by atoms with Crippen molar-refractivity contribution in [3.63, 3.8) is 0 Å². The van der Waals surface area contributed by atoms with Gasteiger partial charge in [0, 0.05) is 19.6 Å². The van der Waals surface area contributed by atoms with Crippen LogP contribution >= 0.6 is 12.4 Å². The van der Waals surface area contributed by atoms with Crippen molar-refractivity contribution in [3.8, 4) is 0 Å². The van der Waals surface area contributed by atoms with Crippen LogP contribution in [0.25, 0.3) is 0 Å². The van der Waals surface area contributed by atoms with Crippen LogP contribution in [-0.4, -0.2) is 49.0 Å². The van der Waals surface area contributed by atoms with Gasteiger partial charge in [0.25, 0.3) is 0 Å². The maximum Gasteiger partial charge on any atom is 0.335 e. The number of halogens is 1. The molecule has 0 aromatic heterocycles. The number of aromatic carboxylic acids is 1. The molecule has 0 bridgehead atoms. The Morgan fingerprint density at radius 1 is 1.26 bits per heavy atom. The second-order valence-corrected chi connectivity index (χ2v) is 6.74. The summed E-state index contributed by atoms with van der Waals surface area (Å²) in [6.45, 7) is 1.62. The number of nitrogens with zero attached hydrogens (tertiary/aromatic N) is 1. The lowest BCUT2D eigenvalue weighted by molar-refractivity contribution is 0.0696. The molecule has 1 saturated heterocycles. The molecule has 19 heavy (non-hydrogen) atoms. The Labute approximate surface area is 118 Å². The zero-order valence-electron chi connectivity index (χ0n) is 10.3. The van der Waals surface area contributed by atoms with Crippen molar-refractivity contribution in [1.29, 1.82) is 0 Å². The molecule has 5 nitrogen and oxygen atoms in total. The molecule has 1 heterocycles. The Bertz CT molecular complexity index is 545. The third-order valence-electron chi connectivity index (χ3n) is 3.02. The van der Waals surface area contributed by atoms with Crippen molar-refractivity contribution >= 4 is 28.2 Å². The van der Waals surface area contributed by atoms with E-state index >= 15 is 0 Å². The predicted octanol–water partition coefficient (Wildman–Crippen LogP) is 1.04. The third kappa shape index (κ3) is 4.49. The van der Waals surface area contributed by atoms with Gasteiger partial charge < -0.3 is 5.11 Å². The minimum atomic E-state index is -2.87. The Hall–Kier alpha value is -1.11. The quantitative estimate of drug-likeness (QED) is 0.903. The van der Waals surface area contributed by atoms with Gasteiger partial charge in [0.1, 0.15) is 0 Å². The molecule has 7 heteroatoms. The Kier molecular flexibility index (Phi) is 5.34. The van der Waals surface area contributed by atoms with Crippen molar-refractivity contribution < 1.29 is 18.3 Å². The van der Waals surface area contributed by atoms with E-state index in [0.29, 0.717) is 19.6 Å². The average molecular weight is 306 g/mol. The van der Waals surface area contributed by atoms with Gasteiger partial charge in [0.15, 0.2) is 9.84 Å². The van der Waals surface area contributed by atoms with Crippen LogP contribution < -0.4 is 0 Å². The van der Waals surface area contributed by atoms with Gasteiger partial charge in [-0.2, -0.15) is 0 Å². The largest absolute Gasteiger partial charge is 0.478 e. The average Bonchev–Trinajstić information content (AvgIpc) is 2.32. The standard InChI is InChI=1S/C12H15NO4S.ClH/c14-12(15)11-3-1-2-10(8-11)9-13-4-6-18(16,17)7-5-13;/h1-3,8H,4-7,9H2,(H,14,15);1H. The highest BCUT2D eigenvalue weighted by atomic mass is 35.5. The molecular formula is C12H16ClNO4S. The van der Waals surface area contributed by atoms with E-state index in [1.807, 2.05) is 11.0 Å². The normalized spacial score (nSPS) is 18.5. The van der Waals surface area contributed by atoms with Crippen LogP contribution in [0.15, 0.2) is 24.3 Å². The fourth-order valence-corrected chi connectivity index (χ4v) is 3.25. The molecule has 2 rings (SSSR count). The molecule has 1 aromatic carbocycles. The number of carboxylic acids is 1. The van der Waals surface area contributed by atoms with Crippen LogP contribution in [-0.2, 0) is 16.4 Å². The summed E-state index contributed by atoms with van der Waals surface area (Å²) in [4.78, 5) is 12.9. The van der Waals surface area contributed by atoms with E-state index in [9.17, 15) is 13.2 Å². The van der Waals surface area contributed by atoms with E-state index in [-0.39, 0.29) is 29.5 Å². The van der Waals surface area contributed by atoms with Crippen molar-refractivity contribution in [2.24, 2.45) is 0 Å². The first-order chi connectivity index (χ1) is 8.46. The molecule has 0 aliphatic carbocycles. The van der Waals surface area contributed by atoms with Crippen molar-refractivity contribution in [2.45, 2.75) is 6.54 Å². The second kappa shape index (κ2) is 6.36. The van der Waals surface area contributed by atoms with Crippen molar-refractivity contribution in [3.05, 3.63) is 35.4 Å². The van der Waals surface area contributed by atoms with Crippen LogP contribution in [0.5, 0.6) is 0 Å². The number of benzene rings is 1. The number of carboxylic acid groups (broad SMARTS) is 1. The summed E-state index contributed by atoms with van der Waals surface area (Å²) in [6, 6.07) is 6.74. The van der Waals surface area contributed by atoms with E-state index in [1.54, 1.807) is 18.2 Å². The fraction of sp³-hybridized carbons (Fsp3) is 0.417. The molecular weight excluding hydrogens is 290 g/mol. The number of hydrogen-bond donors (Lipinski definition) is 1. The molecule has 0 amide bonds. The van der Waals surface area contributed by atoms with E-state index in [1.165, 1.54) is 0 Å². The Balaban J connectivity index is 0.00000180. The van der Waals surface area contributed by atoms with E-state index in [2.05, 4.69) is 0 Å². The summed E-state index contributed by atoms with van der Waals surface area (Å²) in [7, 11) is -2.87. The molecule has 0 saturated carbocycles. The molecule has 0 spiro atoms. The van der Waals surface area contributed by atoms with E-state index in [4.69, 9.17) is 5.11 Å². The Morgan fingerprint density at radius 2 is 1.89 bits per heavy atom. The summed E-state index contributed by atoms with van der Waals surface area (Å²) in [6.07, 6.45) is 0. The van der Waals surface area contributed by atoms with Crippen LogP contribution in [0.4, 0.5) is 0 Å². The molecule has 1 aliphatic rings. The summed E-state index contributed by atoms with van der Waals surface area (Å²) in [5, 5.41) is 8.89. The molecule has 1 aliphatic heterocycles. The highest BCUT2D eigenvalue weighted by Gasteiger charge is 2.21. The number of hydrogen-bond acceptors (Lipinski definition) is 4. The first kappa shape index (κ1) is 15.9. The molecule has 1 N–H and O–H groups in total. The van der Waals surface area contributed by atoms with Crippen LogP contribution in [0.1, 0.15) is 15.9 Å². The summed E-state index contributed by atoms with van der Waals surface area (Å²) < 4.78 is 22.6. The van der Waals surface area contributed by atoms with E-state index in [0.717, 1.165) is 5.56 Å². The SMILES string of the molecule is Cl.O=C(O)c1cccc(CN2CCS(=O)(=O)CC2)c1. The number of rotatable bonds is 3. The molecule has 0 atom stereocenters. The second-order valence-electron chi connectivity index (χ2n) is 4.43. The van der Waals surface area contributed by atoms with E-state index < -0.39 is 15.8 Å². The summed E-state index contributed by atoms with van der Waals surface area (Å²) in [5.41, 5.74) is 1.16. The first-order valence-electron chi connectivity index (χ1n) is 5.71. The zero-order valence-corrected chi connectivity index (χ0v) is 11.9. The topological polar surface area (TPSA) is 74.7 Å². The van der Waals surface area contributed by atoms with Gasteiger partial charge in [-0.05, 0) is 17.7 Å².